The quantitative estimate of drug-likeness (QED) is 0.589. The van der Waals surface area contributed by atoms with Crippen molar-refractivity contribution < 1.29 is 0 Å². The minimum absolute atomic E-state index is 0.705. The summed E-state index contributed by atoms with van der Waals surface area (Å²) in [6.45, 7) is 3.64. The van der Waals surface area contributed by atoms with Gasteiger partial charge in [-0.05, 0) is 17.5 Å². The summed E-state index contributed by atoms with van der Waals surface area (Å²) in [6, 6.07) is 8.63. The zero-order valence-electron chi connectivity index (χ0n) is 7.03. The summed E-state index contributed by atoms with van der Waals surface area (Å²) >= 11 is 0. The van der Waals surface area contributed by atoms with Crippen LogP contribution in [0.25, 0.3) is 0 Å². The lowest BCUT2D eigenvalue weighted by molar-refractivity contribution is 0.991. The molecule has 0 amide bonds. The van der Waals surface area contributed by atoms with Crippen LogP contribution in [0.1, 0.15) is 23.5 Å². The Kier molecular flexibility index (Phi) is 1.83. The predicted molar refractivity (Wildman–Crippen MR) is 52.2 cm³/mol. The second-order valence-electron chi connectivity index (χ2n) is 3.08. The third-order valence-electron chi connectivity index (χ3n) is 2.31. The number of hydrogen-bond acceptors (Lipinski definition) is 0. The van der Waals surface area contributed by atoms with E-state index < -0.39 is 0 Å². The van der Waals surface area contributed by atoms with Crippen LogP contribution in [0.15, 0.2) is 49.1 Å². The van der Waals surface area contributed by atoms with Crippen molar-refractivity contribution in [3.63, 3.8) is 0 Å². The summed E-state index contributed by atoms with van der Waals surface area (Å²) in [5, 5.41) is 0. The molecule has 0 spiro atoms. The summed E-state index contributed by atoms with van der Waals surface area (Å²) in [5.74, 6) is 0.705. The highest BCUT2D eigenvalue weighted by Crippen LogP contribution is 2.45. The first-order valence-corrected chi connectivity index (χ1v) is 4.30. The highest BCUT2D eigenvalue weighted by molar-refractivity contribution is 5.52. The Labute approximate surface area is 73.2 Å². The third-order valence-corrected chi connectivity index (χ3v) is 2.31. The Morgan fingerprint density at radius 1 is 1.25 bits per heavy atom. The van der Waals surface area contributed by atoms with Gasteiger partial charge in [0, 0.05) is 5.92 Å². The molecule has 1 aliphatic carbocycles. The largest absolute Gasteiger partial charge is 0.0991 e. The Balaban J connectivity index is 1.98. The average Bonchev–Trinajstić information content (AvgIpc) is 2.80. The van der Waals surface area contributed by atoms with Crippen LogP contribution in [0.3, 0.4) is 0 Å². The molecule has 0 heteroatoms. The van der Waals surface area contributed by atoms with Gasteiger partial charge in [0.25, 0.3) is 0 Å². The summed E-state index contributed by atoms with van der Waals surface area (Å²) in [7, 11) is 0. The van der Waals surface area contributed by atoms with E-state index in [1.165, 1.54) is 11.1 Å². The number of allylic oxidation sites excluding steroid dienone is 3. The van der Waals surface area contributed by atoms with Gasteiger partial charge in [-0.25, -0.2) is 0 Å². The van der Waals surface area contributed by atoms with Gasteiger partial charge in [-0.15, -0.1) is 0 Å². The smallest absolute Gasteiger partial charge is 0.0130 e. The van der Waals surface area contributed by atoms with Crippen LogP contribution in [0.5, 0.6) is 0 Å². The van der Waals surface area contributed by atoms with E-state index >= 15 is 0 Å². The number of fused-ring (bicyclic) bond motifs is 1. The SMILES string of the molecule is C=C/C=C/CC1c2ccccc21. The molecule has 0 saturated carbocycles. The van der Waals surface area contributed by atoms with E-state index in [-0.39, 0.29) is 0 Å². The number of benzene rings is 1. The molecule has 60 valence electrons. The Morgan fingerprint density at radius 3 is 2.50 bits per heavy atom. The van der Waals surface area contributed by atoms with Crippen molar-refractivity contribution in [2.75, 3.05) is 0 Å². The molecule has 1 aromatic carbocycles. The lowest BCUT2D eigenvalue weighted by atomic mass is 10.2. The van der Waals surface area contributed by atoms with E-state index in [1.807, 2.05) is 12.2 Å². The van der Waals surface area contributed by atoms with Gasteiger partial charge < -0.3 is 0 Å². The molecular weight excluding hydrogens is 144 g/mol. The fourth-order valence-electron chi connectivity index (χ4n) is 1.62. The molecule has 0 atom stereocenters. The zero-order chi connectivity index (χ0) is 8.39. The van der Waals surface area contributed by atoms with Crippen LogP contribution in [0.2, 0.25) is 0 Å². The predicted octanol–water partition coefficient (Wildman–Crippen LogP) is 3.26. The maximum Gasteiger partial charge on any atom is 0.0130 e. The normalized spacial score (nSPS) is 14.7. The van der Waals surface area contributed by atoms with Crippen LogP contribution < -0.4 is 0 Å². The molecule has 0 radical (unpaired) electrons. The maximum atomic E-state index is 3.64. The van der Waals surface area contributed by atoms with Crippen molar-refractivity contribution in [1.82, 2.24) is 0 Å². The van der Waals surface area contributed by atoms with Crippen molar-refractivity contribution >= 4 is 0 Å². The van der Waals surface area contributed by atoms with E-state index in [1.54, 1.807) is 0 Å². The maximum absolute atomic E-state index is 3.64. The van der Waals surface area contributed by atoms with E-state index in [9.17, 15) is 0 Å². The number of hydrogen-bond donors (Lipinski definition) is 0. The molecular formula is C12H12. The molecule has 0 saturated heterocycles. The first-order chi connectivity index (χ1) is 5.93. The molecule has 0 N–H and O–H groups in total. The van der Waals surface area contributed by atoms with Gasteiger partial charge in [-0.1, -0.05) is 49.1 Å². The standard InChI is InChI=1S/C12H12/c1-2-3-4-7-10-11-8-5-6-9-12(10)11/h2-6,8-10H,1,7H2/b4-3+. The van der Waals surface area contributed by atoms with Gasteiger partial charge in [0.15, 0.2) is 0 Å². The van der Waals surface area contributed by atoms with Crippen LogP contribution in [0, 0.1) is 0 Å². The topological polar surface area (TPSA) is 0 Å². The molecule has 0 bridgehead atoms. The lowest BCUT2D eigenvalue weighted by Gasteiger charge is -1.84. The van der Waals surface area contributed by atoms with Crippen molar-refractivity contribution in [3.05, 3.63) is 60.2 Å². The Hall–Kier alpha value is -1.30. The lowest BCUT2D eigenvalue weighted by Crippen LogP contribution is -1.68. The van der Waals surface area contributed by atoms with Crippen molar-refractivity contribution in [1.29, 1.82) is 0 Å². The van der Waals surface area contributed by atoms with E-state index in [4.69, 9.17) is 0 Å². The molecule has 0 nitrogen and oxygen atoms in total. The Bertz CT molecular complexity index is 298. The second kappa shape index (κ2) is 2.98. The summed E-state index contributed by atoms with van der Waals surface area (Å²) in [4.78, 5) is 0. The first kappa shape index (κ1) is 7.35. The van der Waals surface area contributed by atoms with Crippen LogP contribution in [0.4, 0.5) is 0 Å². The Morgan fingerprint density at radius 2 is 1.92 bits per heavy atom. The third kappa shape index (κ3) is 1.20. The van der Waals surface area contributed by atoms with Gasteiger partial charge >= 0.3 is 0 Å². The van der Waals surface area contributed by atoms with Gasteiger partial charge in [0.1, 0.15) is 0 Å². The molecule has 2 rings (SSSR count). The fourth-order valence-corrected chi connectivity index (χ4v) is 1.62. The molecule has 0 fully saturated rings. The molecule has 1 aromatic rings. The molecule has 12 heavy (non-hydrogen) atoms. The highest BCUT2D eigenvalue weighted by atomic mass is 14.3. The number of rotatable bonds is 3. The fraction of sp³-hybridized carbons (Fsp3) is 0.167. The van der Waals surface area contributed by atoms with Crippen LogP contribution in [-0.4, -0.2) is 0 Å². The van der Waals surface area contributed by atoms with Gasteiger partial charge in [0.05, 0.1) is 0 Å². The van der Waals surface area contributed by atoms with E-state index in [0.717, 1.165) is 6.42 Å². The average molecular weight is 156 g/mol. The van der Waals surface area contributed by atoms with Gasteiger partial charge in [-0.2, -0.15) is 0 Å². The minimum atomic E-state index is 0.705. The molecule has 0 aliphatic heterocycles. The van der Waals surface area contributed by atoms with Crippen LogP contribution in [-0.2, 0) is 0 Å². The molecule has 0 heterocycles. The molecule has 0 unspecified atom stereocenters. The van der Waals surface area contributed by atoms with Crippen molar-refractivity contribution in [2.24, 2.45) is 0 Å². The summed E-state index contributed by atoms with van der Waals surface area (Å²) in [6.07, 6.45) is 7.15. The van der Waals surface area contributed by atoms with Gasteiger partial charge in [0.2, 0.25) is 0 Å². The van der Waals surface area contributed by atoms with Crippen molar-refractivity contribution in [3.8, 4) is 0 Å². The monoisotopic (exact) mass is 156 g/mol. The second-order valence-corrected chi connectivity index (χ2v) is 3.08. The van der Waals surface area contributed by atoms with E-state index in [0.29, 0.717) is 5.92 Å². The van der Waals surface area contributed by atoms with E-state index in [2.05, 4.69) is 36.9 Å². The summed E-state index contributed by atoms with van der Waals surface area (Å²) in [5.41, 5.74) is 3.04. The van der Waals surface area contributed by atoms with Crippen LogP contribution >= 0.6 is 0 Å². The summed E-state index contributed by atoms with van der Waals surface area (Å²) < 4.78 is 0. The highest BCUT2D eigenvalue weighted by Gasteiger charge is 2.29. The molecule has 0 aromatic heterocycles. The van der Waals surface area contributed by atoms with Gasteiger partial charge in [-0.3, -0.25) is 0 Å². The minimum Gasteiger partial charge on any atom is -0.0991 e. The molecule has 1 aliphatic rings. The first-order valence-electron chi connectivity index (χ1n) is 4.30. The zero-order valence-corrected chi connectivity index (χ0v) is 7.03. The van der Waals surface area contributed by atoms with Crippen molar-refractivity contribution in [2.45, 2.75) is 12.3 Å².